The van der Waals surface area contributed by atoms with Crippen LogP contribution < -0.4 is 14.8 Å². The predicted octanol–water partition coefficient (Wildman–Crippen LogP) is 4.06. The number of fused-ring (bicyclic) bond motifs is 1. The molecular formula is C23H21N5O4S2. The van der Waals surface area contributed by atoms with Crippen molar-refractivity contribution in [2.45, 2.75) is 13.0 Å². The van der Waals surface area contributed by atoms with Crippen molar-refractivity contribution < 1.29 is 19.1 Å². The number of rotatable bonds is 6. The number of methoxy groups -OCH3 is 2. The van der Waals surface area contributed by atoms with E-state index in [4.69, 9.17) is 9.47 Å². The number of nitrogens with one attached hydrogen (secondary N) is 2. The second kappa shape index (κ2) is 9.27. The van der Waals surface area contributed by atoms with E-state index >= 15 is 0 Å². The molecule has 3 aromatic heterocycles. The number of nitrogens with zero attached hydrogens (tertiary/aromatic N) is 3. The van der Waals surface area contributed by atoms with E-state index in [0.717, 1.165) is 16.1 Å². The summed E-state index contributed by atoms with van der Waals surface area (Å²) < 4.78 is 10.7. The number of hydrogen-bond acceptors (Lipinski definition) is 8. The molecular weight excluding hydrogens is 474 g/mol. The summed E-state index contributed by atoms with van der Waals surface area (Å²) in [5, 5.41) is 12.4. The number of thiazole rings is 1. The van der Waals surface area contributed by atoms with E-state index in [-0.39, 0.29) is 11.8 Å². The van der Waals surface area contributed by atoms with Crippen molar-refractivity contribution in [3.05, 3.63) is 62.9 Å². The summed E-state index contributed by atoms with van der Waals surface area (Å²) in [7, 11) is 3.18. The first-order chi connectivity index (χ1) is 16.6. The number of amides is 2. The maximum absolute atomic E-state index is 13.2. The number of hydrogen-bond donors (Lipinski definition) is 2. The Morgan fingerprint density at radius 3 is 2.82 bits per heavy atom. The first-order valence-corrected chi connectivity index (χ1v) is 12.2. The summed E-state index contributed by atoms with van der Waals surface area (Å²) in [4.78, 5) is 33.4. The lowest BCUT2D eigenvalue weighted by Crippen LogP contribution is -2.35. The third-order valence-electron chi connectivity index (χ3n) is 5.47. The largest absolute Gasteiger partial charge is 0.497 e. The highest BCUT2D eigenvalue weighted by molar-refractivity contribution is 7.16. The summed E-state index contributed by atoms with van der Waals surface area (Å²) >= 11 is 2.78. The zero-order valence-electron chi connectivity index (χ0n) is 18.5. The lowest BCUT2D eigenvalue weighted by atomic mass is 10.1. The van der Waals surface area contributed by atoms with Crippen LogP contribution in [-0.4, -0.2) is 52.7 Å². The van der Waals surface area contributed by atoms with Crippen molar-refractivity contribution >= 4 is 39.6 Å². The molecule has 0 fully saturated rings. The molecule has 174 valence electrons. The van der Waals surface area contributed by atoms with Crippen LogP contribution in [0.5, 0.6) is 11.5 Å². The number of H-pyrrole nitrogens is 1. The minimum Gasteiger partial charge on any atom is -0.497 e. The van der Waals surface area contributed by atoms with Gasteiger partial charge in [0.15, 0.2) is 5.13 Å². The fourth-order valence-electron chi connectivity index (χ4n) is 3.74. The van der Waals surface area contributed by atoms with E-state index in [2.05, 4.69) is 20.5 Å². The molecule has 4 heterocycles. The van der Waals surface area contributed by atoms with Gasteiger partial charge in [0.2, 0.25) is 0 Å². The normalized spacial score (nSPS) is 12.8. The maximum atomic E-state index is 13.2. The Hall–Kier alpha value is -3.70. The molecule has 0 aliphatic carbocycles. The first-order valence-electron chi connectivity index (χ1n) is 10.5. The fourth-order valence-corrected chi connectivity index (χ4v) is 5.38. The third kappa shape index (κ3) is 4.27. The van der Waals surface area contributed by atoms with Crippen LogP contribution >= 0.6 is 22.7 Å². The van der Waals surface area contributed by atoms with Crippen molar-refractivity contribution in [3.8, 4) is 22.8 Å². The average Bonchev–Trinajstić information content (AvgIpc) is 3.63. The van der Waals surface area contributed by atoms with Gasteiger partial charge in [0.25, 0.3) is 11.8 Å². The topological polar surface area (TPSA) is 109 Å². The van der Waals surface area contributed by atoms with E-state index in [9.17, 15) is 9.59 Å². The summed E-state index contributed by atoms with van der Waals surface area (Å²) in [6.45, 7) is 0.961. The molecule has 2 N–H and O–H groups in total. The molecule has 1 aliphatic rings. The van der Waals surface area contributed by atoms with Crippen molar-refractivity contribution in [2.24, 2.45) is 0 Å². The minimum atomic E-state index is -0.174. The molecule has 0 unspecified atom stereocenters. The number of ether oxygens (including phenoxy) is 2. The highest BCUT2D eigenvalue weighted by atomic mass is 32.1. The molecule has 0 saturated carbocycles. The minimum absolute atomic E-state index is 0.149. The Kier molecular flexibility index (Phi) is 6.03. The summed E-state index contributed by atoms with van der Waals surface area (Å²) in [6.07, 6.45) is 0.622. The molecule has 0 bridgehead atoms. The van der Waals surface area contributed by atoms with E-state index < -0.39 is 0 Å². The van der Waals surface area contributed by atoms with E-state index in [1.165, 1.54) is 22.7 Å². The SMILES string of the molecule is COc1ccc(OC)c(-c2cc(C(=O)N3CCc4nc(NC(=O)c5cccs5)sc4C3)[nH]n2)c1. The van der Waals surface area contributed by atoms with Gasteiger partial charge in [-0.05, 0) is 35.7 Å². The zero-order valence-corrected chi connectivity index (χ0v) is 20.1. The molecule has 5 rings (SSSR count). The van der Waals surface area contributed by atoms with Gasteiger partial charge in [0.05, 0.1) is 37.0 Å². The summed E-state index contributed by atoms with van der Waals surface area (Å²) in [5.74, 6) is 0.980. The fraction of sp³-hybridized carbons (Fsp3) is 0.217. The second-order valence-electron chi connectivity index (χ2n) is 7.53. The van der Waals surface area contributed by atoms with Crippen LogP contribution in [0.4, 0.5) is 5.13 Å². The van der Waals surface area contributed by atoms with Gasteiger partial charge in [-0.2, -0.15) is 5.10 Å². The van der Waals surface area contributed by atoms with Crippen LogP contribution in [0.15, 0.2) is 41.8 Å². The van der Waals surface area contributed by atoms with Crippen LogP contribution in [0.2, 0.25) is 0 Å². The van der Waals surface area contributed by atoms with E-state index in [1.807, 2.05) is 17.5 Å². The Morgan fingerprint density at radius 1 is 1.18 bits per heavy atom. The lowest BCUT2D eigenvalue weighted by Gasteiger charge is -2.25. The number of carbonyl (C=O) groups excluding carboxylic acids is 2. The summed E-state index contributed by atoms with van der Waals surface area (Å²) in [5.41, 5.74) is 2.63. The van der Waals surface area contributed by atoms with Gasteiger partial charge < -0.3 is 14.4 Å². The Bertz CT molecular complexity index is 1350. The molecule has 0 spiro atoms. The van der Waals surface area contributed by atoms with Crippen molar-refractivity contribution in [1.29, 1.82) is 0 Å². The lowest BCUT2D eigenvalue weighted by molar-refractivity contribution is 0.0730. The van der Waals surface area contributed by atoms with Crippen LogP contribution in [0.1, 0.15) is 30.7 Å². The average molecular weight is 496 g/mol. The van der Waals surface area contributed by atoms with Gasteiger partial charge in [-0.15, -0.1) is 11.3 Å². The van der Waals surface area contributed by atoms with Gasteiger partial charge in [-0.3, -0.25) is 20.0 Å². The van der Waals surface area contributed by atoms with Gasteiger partial charge in [-0.25, -0.2) is 4.98 Å². The first kappa shape index (κ1) is 22.1. The van der Waals surface area contributed by atoms with Crippen molar-refractivity contribution in [2.75, 3.05) is 26.1 Å². The molecule has 0 radical (unpaired) electrons. The number of carbonyl (C=O) groups is 2. The number of aromatic nitrogens is 3. The predicted molar refractivity (Wildman–Crippen MR) is 130 cm³/mol. The van der Waals surface area contributed by atoms with Crippen molar-refractivity contribution in [1.82, 2.24) is 20.1 Å². The zero-order chi connectivity index (χ0) is 23.7. The van der Waals surface area contributed by atoms with E-state index in [0.29, 0.717) is 52.4 Å². The maximum Gasteiger partial charge on any atom is 0.272 e. The molecule has 34 heavy (non-hydrogen) atoms. The monoisotopic (exact) mass is 495 g/mol. The molecule has 9 nitrogen and oxygen atoms in total. The van der Waals surface area contributed by atoms with Crippen molar-refractivity contribution in [3.63, 3.8) is 0 Å². The number of anilines is 1. The molecule has 1 aliphatic heterocycles. The molecule has 0 saturated heterocycles. The summed E-state index contributed by atoms with van der Waals surface area (Å²) in [6, 6.07) is 10.7. The highest BCUT2D eigenvalue weighted by Crippen LogP contribution is 2.33. The quantitative estimate of drug-likeness (QED) is 0.418. The molecule has 1 aromatic carbocycles. The number of thiophene rings is 1. The van der Waals surface area contributed by atoms with Crippen LogP contribution in [0.3, 0.4) is 0 Å². The number of aromatic amines is 1. The Labute approximate surface area is 203 Å². The smallest absolute Gasteiger partial charge is 0.272 e. The van der Waals surface area contributed by atoms with Crippen LogP contribution in [0.25, 0.3) is 11.3 Å². The van der Waals surface area contributed by atoms with Gasteiger partial charge in [0.1, 0.15) is 17.2 Å². The van der Waals surface area contributed by atoms with Gasteiger partial charge >= 0.3 is 0 Å². The van der Waals surface area contributed by atoms with Gasteiger partial charge in [0, 0.05) is 23.4 Å². The molecule has 0 atom stereocenters. The second-order valence-corrected chi connectivity index (χ2v) is 9.56. The number of benzene rings is 1. The van der Waals surface area contributed by atoms with Gasteiger partial charge in [-0.1, -0.05) is 17.4 Å². The third-order valence-corrected chi connectivity index (χ3v) is 7.34. The molecule has 11 heteroatoms. The van der Waals surface area contributed by atoms with E-state index in [1.54, 1.807) is 43.4 Å². The molecule has 4 aromatic rings. The molecule has 2 amide bonds. The Balaban J connectivity index is 1.31. The van der Waals surface area contributed by atoms with Crippen LogP contribution in [0, 0.1) is 0 Å². The van der Waals surface area contributed by atoms with Crippen LogP contribution in [-0.2, 0) is 13.0 Å². The standard InChI is InChI=1S/C23H21N5O4S2/c1-31-13-5-6-18(32-2)14(10-13)16-11-17(27-26-16)22(30)28-8-7-15-20(12-28)34-23(24-15)25-21(29)19-4-3-9-33-19/h3-6,9-11H,7-8,12H2,1-2H3,(H,26,27)(H,24,25,29). The highest BCUT2D eigenvalue weighted by Gasteiger charge is 2.27. The Morgan fingerprint density at radius 2 is 2.06 bits per heavy atom.